The van der Waals surface area contributed by atoms with Gasteiger partial charge in [0, 0.05) is 11.6 Å². The minimum Gasteiger partial charge on any atom is -0.407 e. The number of nitrogens with two attached hydrogens (primary N) is 1. The third-order valence-corrected chi connectivity index (χ3v) is 2.51. The van der Waals surface area contributed by atoms with E-state index in [0.29, 0.717) is 11.4 Å². The fraction of sp³-hybridized carbons (Fsp3) is 0.308. The van der Waals surface area contributed by atoms with E-state index in [-0.39, 0.29) is 5.41 Å². The van der Waals surface area contributed by atoms with Crippen LogP contribution in [-0.2, 0) is 5.41 Å². The third kappa shape index (κ3) is 2.90. The highest BCUT2D eigenvalue weighted by molar-refractivity contribution is 5.68. The predicted octanol–water partition coefficient (Wildman–Crippen LogP) is 2.02. The van der Waals surface area contributed by atoms with Gasteiger partial charge in [-0.15, -0.1) is 0 Å². The highest BCUT2D eigenvalue weighted by Gasteiger charge is 2.25. The van der Waals surface area contributed by atoms with Gasteiger partial charge >= 0.3 is 6.09 Å². The van der Waals surface area contributed by atoms with Gasteiger partial charge in [-0.2, -0.15) is 5.10 Å². The van der Waals surface area contributed by atoms with E-state index in [2.05, 4.69) is 10.1 Å². The van der Waals surface area contributed by atoms with Crippen LogP contribution >= 0.6 is 0 Å². The highest BCUT2D eigenvalue weighted by atomic mass is 16.5. The van der Waals surface area contributed by atoms with Gasteiger partial charge in [-0.05, 0) is 12.1 Å². The summed E-state index contributed by atoms with van der Waals surface area (Å²) in [5, 5.41) is 4.45. The molecule has 1 amide bonds. The normalized spacial score (nSPS) is 11.3. The first-order valence-corrected chi connectivity index (χ1v) is 5.86. The van der Waals surface area contributed by atoms with Crippen LogP contribution in [0.1, 0.15) is 26.5 Å². The Labute approximate surface area is 111 Å². The van der Waals surface area contributed by atoms with Crippen LogP contribution in [0.25, 0.3) is 5.69 Å². The number of nitrogens with zero attached hydrogens (tertiary/aromatic N) is 3. The molecule has 2 aromatic heterocycles. The molecule has 0 radical (unpaired) electrons. The number of rotatable bonds is 2. The fourth-order valence-electron chi connectivity index (χ4n) is 1.68. The maximum Gasteiger partial charge on any atom is 0.410 e. The Kier molecular flexibility index (Phi) is 3.25. The van der Waals surface area contributed by atoms with E-state index in [1.807, 2.05) is 32.9 Å². The molecule has 0 aliphatic carbocycles. The molecule has 0 spiro atoms. The number of carbonyl (C=O) groups is 1. The Hall–Kier alpha value is -2.37. The molecular weight excluding hydrogens is 244 g/mol. The Morgan fingerprint density at radius 1 is 1.42 bits per heavy atom. The first kappa shape index (κ1) is 13.1. The second-order valence-electron chi connectivity index (χ2n) is 5.17. The lowest BCUT2D eigenvalue weighted by Crippen LogP contribution is -2.20. The minimum absolute atomic E-state index is 0.266. The zero-order valence-electron chi connectivity index (χ0n) is 11.1. The Bertz CT molecular complexity index is 584. The van der Waals surface area contributed by atoms with Gasteiger partial charge in [0.25, 0.3) is 0 Å². The van der Waals surface area contributed by atoms with E-state index in [9.17, 15) is 4.79 Å². The van der Waals surface area contributed by atoms with Gasteiger partial charge in [0.05, 0.1) is 18.1 Å². The molecule has 0 aliphatic rings. The van der Waals surface area contributed by atoms with Gasteiger partial charge in [-0.1, -0.05) is 20.8 Å². The average molecular weight is 260 g/mol. The van der Waals surface area contributed by atoms with Crippen LogP contribution in [0.4, 0.5) is 4.79 Å². The van der Waals surface area contributed by atoms with Crippen molar-refractivity contribution in [2.75, 3.05) is 0 Å². The molecular formula is C13H16N4O2. The molecule has 100 valence electrons. The molecule has 2 aromatic rings. The van der Waals surface area contributed by atoms with Crippen LogP contribution < -0.4 is 10.5 Å². The van der Waals surface area contributed by atoms with Crippen molar-refractivity contribution < 1.29 is 9.53 Å². The van der Waals surface area contributed by atoms with Gasteiger partial charge in [0.15, 0.2) is 5.75 Å². The summed E-state index contributed by atoms with van der Waals surface area (Å²) in [6.07, 6.45) is 4.13. The second kappa shape index (κ2) is 4.72. The summed E-state index contributed by atoms with van der Waals surface area (Å²) in [4.78, 5) is 15.0. The molecule has 2 heterocycles. The van der Waals surface area contributed by atoms with Crippen molar-refractivity contribution in [3.05, 3.63) is 36.4 Å². The summed E-state index contributed by atoms with van der Waals surface area (Å²) in [5.41, 5.74) is 6.26. The van der Waals surface area contributed by atoms with Crippen molar-refractivity contribution >= 4 is 6.09 Å². The Balaban J connectivity index is 2.49. The van der Waals surface area contributed by atoms with Crippen LogP contribution in [0.3, 0.4) is 0 Å². The van der Waals surface area contributed by atoms with Crippen LogP contribution in [0.5, 0.6) is 5.75 Å². The van der Waals surface area contributed by atoms with E-state index in [1.165, 1.54) is 0 Å². The molecule has 0 aromatic carbocycles. The third-order valence-electron chi connectivity index (χ3n) is 2.51. The Morgan fingerprint density at radius 2 is 2.16 bits per heavy atom. The zero-order valence-corrected chi connectivity index (χ0v) is 11.1. The number of carbonyl (C=O) groups excluding carboxylic acids is 1. The van der Waals surface area contributed by atoms with Crippen molar-refractivity contribution in [3.63, 3.8) is 0 Å². The number of aromatic nitrogens is 3. The molecule has 0 fully saturated rings. The molecule has 2 N–H and O–H groups in total. The maximum absolute atomic E-state index is 10.9. The summed E-state index contributed by atoms with van der Waals surface area (Å²) >= 11 is 0. The van der Waals surface area contributed by atoms with Crippen molar-refractivity contribution in [1.82, 2.24) is 14.8 Å². The summed E-state index contributed by atoms with van der Waals surface area (Å²) in [5.74, 6) is 0.365. The number of amides is 1. The largest absolute Gasteiger partial charge is 0.410 e. The van der Waals surface area contributed by atoms with Crippen molar-refractivity contribution in [3.8, 4) is 11.4 Å². The number of hydrogen-bond acceptors (Lipinski definition) is 4. The molecule has 0 bridgehead atoms. The van der Waals surface area contributed by atoms with E-state index in [0.717, 1.165) is 5.69 Å². The highest BCUT2D eigenvalue weighted by Crippen LogP contribution is 2.30. The number of pyridine rings is 1. The van der Waals surface area contributed by atoms with Crippen LogP contribution in [0.15, 0.2) is 30.7 Å². The van der Waals surface area contributed by atoms with Gasteiger partial charge in [0.1, 0.15) is 5.69 Å². The van der Waals surface area contributed by atoms with Crippen molar-refractivity contribution in [1.29, 1.82) is 0 Å². The zero-order chi connectivity index (χ0) is 14.0. The number of hydrogen-bond donors (Lipinski definition) is 1. The lowest BCUT2D eigenvalue weighted by atomic mass is 9.92. The fourth-order valence-corrected chi connectivity index (χ4v) is 1.68. The molecule has 0 saturated carbocycles. The van der Waals surface area contributed by atoms with E-state index >= 15 is 0 Å². The number of primary amides is 1. The van der Waals surface area contributed by atoms with Gasteiger partial charge in [0.2, 0.25) is 0 Å². The van der Waals surface area contributed by atoms with Gasteiger partial charge < -0.3 is 10.5 Å². The van der Waals surface area contributed by atoms with Gasteiger partial charge in [-0.3, -0.25) is 4.98 Å². The van der Waals surface area contributed by atoms with Crippen LogP contribution in [-0.4, -0.2) is 20.9 Å². The van der Waals surface area contributed by atoms with E-state index in [1.54, 1.807) is 23.3 Å². The predicted molar refractivity (Wildman–Crippen MR) is 70.3 cm³/mol. The van der Waals surface area contributed by atoms with E-state index < -0.39 is 6.09 Å². The van der Waals surface area contributed by atoms with Crippen LogP contribution in [0.2, 0.25) is 0 Å². The summed E-state index contributed by atoms with van der Waals surface area (Å²) in [6, 6.07) is 3.67. The molecule has 6 heteroatoms. The summed E-state index contributed by atoms with van der Waals surface area (Å²) in [7, 11) is 0. The average Bonchev–Trinajstić information content (AvgIpc) is 2.73. The number of ether oxygens (including phenoxy) is 1. The molecule has 0 saturated heterocycles. The first-order valence-electron chi connectivity index (χ1n) is 5.86. The quantitative estimate of drug-likeness (QED) is 0.895. The molecule has 19 heavy (non-hydrogen) atoms. The van der Waals surface area contributed by atoms with Crippen molar-refractivity contribution in [2.24, 2.45) is 5.73 Å². The second-order valence-corrected chi connectivity index (χ2v) is 5.17. The Morgan fingerprint density at radius 3 is 2.68 bits per heavy atom. The van der Waals surface area contributed by atoms with E-state index in [4.69, 9.17) is 10.5 Å². The molecule has 0 atom stereocenters. The van der Waals surface area contributed by atoms with Gasteiger partial charge in [-0.25, -0.2) is 9.48 Å². The lowest BCUT2D eigenvalue weighted by Gasteiger charge is -2.16. The van der Waals surface area contributed by atoms with Crippen LogP contribution in [0, 0.1) is 0 Å². The monoisotopic (exact) mass is 260 g/mol. The molecule has 6 nitrogen and oxygen atoms in total. The summed E-state index contributed by atoms with van der Waals surface area (Å²) < 4.78 is 6.63. The molecule has 0 aliphatic heterocycles. The summed E-state index contributed by atoms with van der Waals surface area (Å²) in [6.45, 7) is 5.95. The molecule has 0 unspecified atom stereocenters. The topological polar surface area (TPSA) is 83.0 Å². The standard InChI is InChI=1S/C13H16N4O2/c1-13(2,3)11-10(19-12(14)18)8-17(16-11)9-5-4-6-15-7-9/h4-8H,1-3H3,(H2,14,18). The maximum atomic E-state index is 10.9. The smallest absolute Gasteiger partial charge is 0.407 e. The van der Waals surface area contributed by atoms with Crippen molar-refractivity contribution in [2.45, 2.75) is 26.2 Å². The SMILES string of the molecule is CC(C)(C)c1nn(-c2cccnc2)cc1OC(N)=O. The lowest BCUT2D eigenvalue weighted by molar-refractivity contribution is 0.210. The molecule has 2 rings (SSSR count). The minimum atomic E-state index is -0.851. The first-order chi connectivity index (χ1) is 8.88.